The Bertz CT molecular complexity index is 868. The van der Waals surface area contributed by atoms with Gasteiger partial charge in [-0.15, -0.1) is 0 Å². The van der Waals surface area contributed by atoms with Crippen LogP contribution in [0.4, 0.5) is 4.79 Å². The van der Waals surface area contributed by atoms with Crippen LogP contribution in [0, 0.1) is 0 Å². The molecule has 1 unspecified atom stereocenters. The fraction of sp³-hybridized carbons (Fsp3) is 0.957. The minimum absolute atomic E-state index is 0.0139. The van der Waals surface area contributed by atoms with Gasteiger partial charge in [-0.05, 0) is 6.42 Å². The van der Waals surface area contributed by atoms with E-state index in [4.69, 9.17) is 47.0 Å². The van der Waals surface area contributed by atoms with Crippen molar-refractivity contribution in [1.29, 1.82) is 0 Å². The topological polar surface area (TPSA) is 347 Å². The summed E-state index contributed by atoms with van der Waals surface area (Å²) in [5.74, 6) is 0. The quantitative estimate of drug-likeness (QED) is 0.0541. The minimum atomic E-state index is -1.70. The Balaban J connectivity index is 1.83. The average molecular weight is 630 g/mol. The molecule has 18 N–H and O–H groups in total. The number of nitrogens with two attached hydrogens (primary N) is 4. The molecular formula is C23H47N7O13. The molecule has 2 aliphatic heterocycles. The zero-order chi connectivity index (χ0) is 32.0. The number of hydroxylamine groups is 2. The van der Waals surface area contributed by atoms with Gasteiger partial charge in [-0.25, -0.2) is 9.86 Å². The number of carbonyl (C=O) groups is 1. The van der Waals surface area contributed by atoms with Crippen molar-refractivity contribution in [3.63, 3.8) is 0 Å². The molecule has 252 valence electrons. The molecule has 20 nitrogen and oxygen atoms in total. The van der Waals surface area contributed by atoms with E-state index in [9.17, 15) is 40.6 Å². The molecule has 15 atom stereocenters. The van der Waals surface area contributed by atoms with Gasteiger partial charge in [0.25, 0.3) is 0 Å². The Hall–Kier alpha value is -1.41. The van der Waals surface area contributed by atoms with Crippen molar-refractivity contribution in [1.82, 2.24) is 15.7 Å². The van der Waals surface area contributed by atoms with Gasteiger partial charge in [0.1, 0.15) is 54.9 Å². The van der Waals surface area contributed by atoms with Gasteiger partial charge in [0.05, 0.1) is 37.9 Å². The molecule has 0 aromatic rings. The number of ether oxygens (including phenoxy) is 4. The predicted molar refractivity (Wildman–Crippen MR) is 143 cm³/mol. The Kier molecular flexibility index (Phi) is 13.6. The van der Waals surface area contributed by atoms with Crippen LogP contribution in [-0.2, 0) is 18.9 Å². The third-order valence-corrected chi connectivity index (χ3v) is 7.80. The number of hydrogen-bond donors (Lipinski definition) is 14. The van der Waals surface area contributed by atoms with Gasteiger partial charge >= 0.3 is 6.03 Å². The van der Waals surface area contributed by atoms with Gasteiger partial charge in [0.15, 0.2) is 12.6 Å². The first kappa shape index (κ1) is 36.1. The van der Waals surface area contributed by atoms with Crippen molar-refractivity contribution in [2.75, 3.05) is 39.4 Å². The number of urea groups is 1. The molecular weight excluding hydrogens is 582 g/mol. The summed E-state index contributed by atoms with van der Waals surface area (Å²) in [5.41, 5.74) is 23.7. The van der Waals surface area contributed by atoms with Crippen molar-refractivity contribution in [3.05, 3.63) is 0 Å². The van der Waals surface area contributed by atoms with E-state index in [1.165, 1.54) is 0 Å². The maximum Gasteiger partial charge on any atom is 0.341 e. The lowest BCUT2D eigenvalue weighted by molar-refractivity contribution is -0.319. The third kappa shape index (κ3) is 8.45. The molecule has 1 saturated carbocycles. The molecule has 0 aromatic heterocycles. The molecule has 0 bridgehead atoms. The van der Waals surface area contributed by atoms with E-state index in [1.54, 1.807) is 0 Å². The summed E-state index contributed by atoms with van der Waals surface area (Å²) in [7, 11) is 0. The lowest BCUT2D eigenvalue weighted by atomic mass is 9.83. The average Bonchev–Trinajstić information content (AvgIpc) is 2.97. The van der Waals surface area contributed by atoms with E-state index in [-0.39, 0.29) is 39.2 Å². The highest BCUT2D eigenvalue weighted by Gasteiger charge is 2.52. The molecule has 3 aliphatic rings. The monoisotopic (exact) mass is 629 g/mol. The predicted octanol–water partition coefficient (Wildman–Crippen LogP) is -8.30. The summed E-state index contributed by atoms with van der Waals surface area (Å²) in [4.78, 5) is 12.6. The fourth-order valence-electron chi connectivity index (χ4n) is 5.30. The van der Waals surface area contributed by atoms with Gasteiger partial charge in [-0.1, -0.05) is 0 Å². The van der Waals surface area contributed by atoms with E-state index >= 15 is 0 Å². The van der Waals surface area contributed by atoms with E-state index < -0.39 is 104 Å². The van der Waals surface area contributed by atoms with E-state index in [2.05, 4.69) is 10.6 Å². The molecule has 0 aromatic carbocycles. The Morgan fingerprint density at radius 2 is 1.51 bits per heavy atom. The molecule has 2 heterocycles. The molecule has 0 radical (unpaired) electrons. The first-order valence-corrected chi connectivity index (χ1v) is 14.0. The van der Waals surface area contributed by atoms with Crippen LogP contribution in [0.25, 0.3) is 0 Å². The SMILES string of the molecule is NCCN(O)C(=O)N[C@@H]1C[C@H](N)C(O[C@H]2O[C@H](CNCCO)[C@@H](O)[C@H](O)[C@H]2N)[C@H](O)[C@H]1O[C@H]1O[C@H](CO)[C@@H](O)[C@H](N)[C@H]1O. The van der Waals surface area contributed by atoms with Crippen molar-refractivity contribution >= 4 is 6.03 Å². The van der Waals surface area contributed by atoms with Crippen LogP contribution >= 0.6 is 0 Å². The maximum absolute atomic E-state index is 12.6. The second kappa shape index (κ2) is 16.2. The van der Waals surface area contributed by atoms with E-state index in [0.717, 1.165) is 0 Å². The van der Waals surface area contributed by atoms with Crippen LogP contribution in [0.15, 0.2) is 0 Å². The van der Waals surface area contributed by atoms with Crippen LogP contribution in [0.2, 0.25) is 0 Å². The van der Waals surface area contributed by atoms with Crippen LogP contribution in [0.5, 0.6) is 0 Å². The number of hydrogen-bond acceptors (Lipinski definition) is 18. The molecule has 2 amide bonds. The Labute approximate surface area is 247 Å². The first-order valence-electron chi connectivity index (χ1n) is 14.0. The lowest BCUT2D eigenvalue weighted by Gasteiger charge is -2.49. The maximum atomic E-state index is 12.6. The number of aliphatic hydroxyl groups is 7. The van der Waals surface area contributed by atoms with Gasteiger partial charge in [0.2, 0.25) is 0 Å². The Morgan fingerprint density at radius 1 is 0.860 bits per heavy atom. The number of amides is 2. The van der Waals surface area contributed by atoms with Crippen LogP contribution in [0.3, 0.4) is 0 Å². The summed E-state index contributed by atoms with van der Waals surface area (Å²) >= 11 is 0. The summed E-state index contributed by atoms with van der Waals surface area (Å²) in [5, 5.41) is 87.4. The van der Waals surface area contributed by atoms with E-state index in [1.807, 2.05) is 0 Å². The number of nitrogens with one attached hydrogen (secondary N) is 2. The zero-order valence-electron chi connectivity index (χ0n) is 23.5. The number of carbonyl (C=O) groups excluding carboxylic acids is 1. The third-order valence-electron chi connectivity index (χ3n) is 7.80. The standard InChI is InChI=1S/C23H47N7O13/c24-1-3-30(39)23(38)29-9-5-8(25)19(42-21-13(27)16(35)15(34)10(40-21)6-28-2-4-31)18(37)20(9)43-22-17(36)12(26)14(33)11(7-32)41-22/h8-22,28,31-37,39H,1-7,24-27H2,(H,29,38)/t8-,9+,10+,11+,12-,13+,14+,15+,16+,17+,18-,19?,20-,21+,22+/m0/s1. The van der Waals surface area contributed by atoms with Crippen LogP contribution in [-0.4, -0.2) is 183 Å². The number of rotatable bonds is 12. The van der Waals surface area contributed by atoms with Crippen LogP contribution in [0.1, 0.15) is 6.42 Å². The summed E-state index contributed by atoms with van der Waals surface area (Å²) in [6.45, 7) is -0.948. The normalized spacial score (nSPS) is 43.8. The summed E-state index contributed by atoms with van der Waals surface area (Å²) < 4.78 is 23.1. The van der Waals surface area contributed by atoms with Gasteiger partial charge in [-0.3, -0.25) is 5.21 Å². The molecule has 1 aliphatic carbocycles. The van der Waals surface area contributed by atoms with E-state index in [0.29, 0.717) is 5.06 Å². The lowest BCUT2D eigenvalue weighted by Crippen LogP contribution is -2.70. The Morgan fingerprint density at radius 3 is 2.14 bits per heavy atom. The molecule has 3 fully saturated rings. The highest BCUT2D eigenvalue weighted by Crippen LogP contribution is 2.31. The second-order valence-corrected chi connectivity index (χ2v) is 10.9. The zero-order valence-corrected chi connectivity index (χ0v) is 23.5. The summed E-state index contributed by atoms with van der Waals surface area (Å²) in [6.07, 6.45) is -15.9. The molecule has 3 rings (SSSR count). The number of nitrogens with zero attached hydrogens (tertiary/aromatic N) is 1. The fourth-order valence-corrected chi connectivity index (χ4v) is 5.30. The van der Waals surface area contributed by atoms with Crippen molar-refractivity contribution in [2.24, 2.45) is 22.9 Å². The minimum Gasteiger partial charge on any atom is -0.395 e. The van der Waals surface area contributed by atoms with Crippen molar-refractivity contribution in [3.8, 4) is 0 Å². The van der Waals surface area contributed by atoms with Crippen molar-refractivity contribution < 1.29 is 64.7 Å². The largest absolute Gasteiger partial charge is 0.395 e. The van der Waals surface area contributed by atoms with Crippen LogP contribution < -0.4 is 33.6 Å². The van der Waals surface area contributed by atoms with Gasteiger partial charge in [0, 0.05) is 25.7 Å². The van der Waals surface area contributed by atoms with Gasteiger partial charge in [-0.2, -0.15) is 0 Å². The number of aliphatic hydroxyl groups excluding tert-OH is 7. The highest BCUT2D eigenvalue weighted by atomic mass is 16.7. The summed E-state index contributed by atoms with van der Waals surface area (Å²) in [6, 6.07) is -5.75. The molecule has 43 heavy (non-hydrogen) atoms. The second-order valence-electron chi connectivity index (χ2n) is 10.9. The molecule has 0 spiro atoms. The molecule has 2 saturated heterocycles. The smallest absolute Gasteiger partial charge is 0.341 e. The van der Waals surface area contributed by atoms with Gasteiger partial charge < -0.3 is 88.3 Å². The molecule has 20 heteroatoms. The first-order chi connectivity index (χ1) is 20.4. The highest BCUT2D eigenvalue weighted by molar-refractivity contribution is 5.73. The van der Waals surface area contributed by atoms with Crippen molar-refractivity contribution in [2.45, 2.75) is 98.1 Å².